The minimum atomic E-state index is -0.356. The van der Waals surface area contributed by atoms with E-state index in [0.29, 0.717) is 12.2 Å². The summed E-state index contributed by atoms with van der Waals surface area (Å²) in [5, 5.41) is 0. The predicted octanol–water partition coefficient (Wildman–Crippen LogP) is 2.81. The molecule has 0 radical (unpaired) electrons. The molecule has 1 aromatic rings. The standard InChI is InChI=1S/C12H11BrO3/c1-3-7-8-4-5-16-11(8)10(13)6-9(7)12(14)15-2/h3,6H,1,4-5H2,2H3. The van der Waals surface area contributed by atoms with Gasteiger partial charge in [0, 0.05) is 12.0 Å². The summed E-state index contributed by atoms with van der Waals surface area (Å²) in [5.41, 5.74) is 2.35. The molecular formula is C12H11BrO3. The zero-order valence-corrected chi connectivity index (χ0v) is 10.5. The van der Waals surface area contributed by atoms with Gasteiger partial charge in [0.15, 0.2) is 0 Å². The molecule has 0 unspecified atom stereocenters. The second-order valence-corrected chi connectivity index (χ2v) is 4.28. The van der Waals surface area contributed by atoms with Gasteiger partial charge in [-0.3, -0.25) is 0 Å². The summed E-state index contributed by atoms with van der Waals surface area (Å²) in [6.07, 6.45) is 2.46. The van der Waals surface area contributed by atoms with E-state index in [0.717, 1.165) is 27.8 Å². The Morgan fingerprint density at radius 3 is 3.06 bits per heavy atom. The van der Waals surface area contributed by atoms with Gasteiger partial charge in [0.25, 0.3) is 0 Å². The van der Waals surface area contributed by atoms with Crippen molar-refractivity contribution < 1.29 is 14.3 Å². The van der Waals surface area contributed by atoms with Crippen LogP contribution in [0.5, 0.6) is 5.75 Å². The van der Waals surface area contributed by atoms with Crippen LogP contribution in [-0.4, -0.2) is 19.7 Å². The van der Waals surface area contributed by atoms with Crippen molar-refractivity contribution in [3.8, 4) is 5.75 Å². The first kappa shape index (κ1) is 11.2. The normalized spacial score (nSPS) is 12.9. The average molecular weight is 283 g/mol. The number of hydrogen-bond donors (Lipinski definition) is 0. The number of carbonyl (C=O) groups excluding carboxylic acids is 1. The molecule has 1 aliphatic heterocycles. The molecule has 0 aromatic heterocycles. The molecule has 0 aliphatic carbocycles. The summed E-state index contributed by atoms with van der Waals surface area (Å²) >= 11 is 3.39. The molecule has 0 fully saturated rings. The van der Waals surface area contributed by atoms with Gasteiger partial charge in [0.1, 0.15) is 5.75 Å². The van der Waals surface area contributed by atoms with E-state index in [1.807, 2.05) is 0 Å². The van der Waals surface area contributed by atoms with Gasteiger partial charge >= 0.3 is 5.97 Å². The minimum absolute atomic E-state index is 0.356. The molecule has 84 valence electrons. The molecule has 16 heavy (non-hydrogen) atoms. The van der Waals surface area contributed by atoms with Crippen LogP contribution < -0.4 is 4.74 Å². The van der Waals surface area contributed by atoms with Crippen molar-refractivity contribution in [2.24, 2.45) is 0 Å². The largest absolute Gasteiger partial charge is 0.492 e. The number of fused-ring (bicyclic) bond motifs is 1. The minimum Gasteiger partial charge on any atom is -0.492 e. The van der Waals surface area contributed by atoms with Crippen molar-refractivity contribution >= 4 is 28.0 Å². The van der Waals surface area contributed by atoms with Gasteiger partial charge < -0.3 is 9.47 Å². The maximum atomic E-state index is 11.6. The van der Waals surface area contributed by atoms with E-state index in [1.165, 1.54) is 7.11 Å². The molecule has 4 heteroatoms. The molecular weight excluding hydrogens is 272 g/mol. The van der Waals surface area contributed by atoms with E-state index < -0.39 is 0 Å². The van der Waals surface area contributed by atoms with E-state index in [9.17, 15) is 4.79 Å². The zero-order valence-electron chi connectivity index (χ0n) is 8.88. The van der Waals surface area contributed by atoms with Crippen molar-refractivity contribution in [3.05, 3.63) is 33.8 Å². The lowest BCUT2D eigenvalue weighted by Crippen LogP contribution is -2.05. The van der Waals surface area contributed by atoms with E-state index in [-0.39, 0.29) is 5.97 Å². The Bertz CT molecular complexity index is 466. The Kier molecular flexibility index (Phi) is 3.01. The van der Waals surface area contributed by atoms with Gasteiger partial charge in [0.05, 0.1) is 23.8 Å². The summed E-state index contributed by atoms with van der Waals surface area (Å²) in [4.78, 5) is 11.6. The first-order valence-electron chi connectivity index (χ1n) is 4.88. The first-order chi connectivity index (χ1) is 7.69. The van der Waals surface area contributed by atoms with Crippen LogP contribution in [0.15, 0.2) is 17.1 Å². The van der Waals surface area contributed by atoms with Crippen LogP contribution in [0, 0.1) is 0 Å². The summed E-state index contributed by atoms with van der Waals surface area (Å²) < 4.78 is 11.0. The number of halogens is 1. The number of esters is 1. The smallest absolute Gasteiger partial charge is 0.338 e. The number of benzene rings is 1. The Labute approximate surface area is 102 Å². The van der Waals surface area contributed by atoms with Crippen molar-refractivity contribution in [1.29, 1.82) is 0 Å². The molecule has 1 heterocycles. The lowest BCUT2D eigenvalue weighted by atomic mass is 9.99. The van der Waals surface area contributed by atoms with Gasteiger partial charge in [-0.1, -0.05) is 12.7 Å². The van der Waals surface area contributed by atoms with Crippen LogP contribution in [0.1, 0.15) is 21.5 Å². The first-order valence-corrected chi connectivity index (χ1v) is 5.67. The highest BCUT2D eigenvalue weighted by molar-refractivity contribution is 9.10. The second-order valence-electron chi connectivity index (χ2n) is 3.42. The summed E-state index contributed by atoms with van der Waals surface area (Å²) in [5.74, 6) is 0.452. The van der Waals surface area contributed by atoms with Gasteiger partial charge in [-0.05, 0) is 27.6 Å². The second kappa shape index (κ2) is 4.29. The van der Waals surface area contributed by atoms with Crippen molar-refractivity contribution in [2.75, 3.05) is 13.7 Å². The molecule has 0 saturated heterocycles. The fourth-order valence-corrected chi connectivity index (χ4v) is 2.45. The molecule has 2 rings (SSSR count). The topological polar surface area (TPSA) is 35.5 Å². The van der Waals surface area contributed by atoms with Crippen molar-refractivity contribution in [2.45, 2.75) is 6.42 Å². The molecule has 0 bridgehead atoms. The molecule has 0 spiro atoms. The fraction of sp³-hybridized carbons (Fsp3) is 0.250. The maximum absolute atomic E-state index is 11.6. The number of carbonyl (C=O) groups is 1. The van der Waals surface area contributed by atoms with Crippen LogP contribution in [0.25, 0.3) is 6.08 Å². The van der Waals surface area contributed by atoms with Crippen LogP contribution in [0.3, 0.4) is 0 Å². The van der Waals surface area contributed by atoms with Gasteiger partial charge in [-0.2, -0.15) is 0 Å². The highest BCUT2D eigenvalue weighted by Crippen LogP contribution is 2.38. The van der Waals surface area contributed by atoms with Gasteiger partial charge in [0.2, 0.25) is 0 Å². The Morgan fingerprint density at radius 2 is 2.44 bits per heavy atom. The SMILES string of the molecule is C=Cc1c(C(=O)OC)cc(Br)c2c1CCO2. The molecule has 0 atom stereocenters. The Balaban J connectivity index is 2.67. The lowest BCUT2D eigenvalue weighted by Gasteiger charge is -2.10. The van der Waals surface area contributed by atoms with Gasteiger partial charge in [-0.15, -0.1) is 0 Å². The van der Waals surface area contributed by atoms with E-state index in [2.05, 4.69) is 22.5 Å². The molecule has 0 N–H and O–H groups in total. The van der Waals surface area contributed by atoms with Crippen molar-refractivity contribution in [1.82, 2.24) is 0 Å². The van der Waals surface area contributed by atoms with E-state index >= 15 is 0 Å². The molecule has 1 aliphatic rings. The average Bonchev–Trinajstić information content (AvgIpc) is 2.77. The number of rotatable bonds is 2. The maximum Gasteiger partial charge on any atom is 0.338 e. The monoisotopic (exact) mass is 282 g/mol. The summed E-state index contributed by atoms with van der Waals surface area (Å²) in [6.45, 7) is 4.38. The Hall–Kier alpha value is -1.29. The molecule has 0 saturated carbocycles. The van der Waals surface area contributed by atoms with Crippen LogP contribution in [0.4, 0.5) is 0 Å². The quantitative estimate of drug-likeness (QED) is 0.783. The van der Waals surface area contributed by atoms with E-state index in [4.69, 9.17) is 9.47 Å². The third-order valence-corrected chi connectivity index (χ3v) is 3.17. The highest BCUT2D eigenvalue weighted by Gasteiger charge is 2.24. The number of ether oxygens (including phenoxy) is 2. The Morgan fingerprint density at radius 1 is 1.69 bits per heavy atom. The summed E-state index contributed by atoms with van der Waals surface area (Å²) in [7, 11) is 1.37. The van der Waals surface area contributed by atoms with Crippen LogP contribution >= 0.6 is 15.9 Å². The van der Waals surface area contributed by atoms with Crippen LogP contribution in [-0.2, 0) is 11.2 Å². The molecule has 0 amide bonds. The fourth-order valence-electron chi connectivity index (χ4n) is 1.87. The third-order valence-electron chi connectivity index (χ3n) is 2.59. The molecule has 1 aromatic carbocycles. The zero-order chi connectivity index (χ0) is 11.7. The van der Waals surface area contributed by atoms with Crippen LogP contribution in [0.2, 0.25) is 0 Å². The third kappa shape index (κ3) is 1.63. The highest BCUT2D eigenvalue weighted by atomic mass is 79.9. The number of hydrogen-bond acceptors (Lipinski definition) is 3. The number of methoxy groups -OCH3 is 1. The van der Waals surface area contributed by atoms with Gasteiger partial charge in [-0.25, -0.2) is 4.79 Å². The summed E-state index contributed by atoms with van der Waals surface area (Å²) in [6, 6.07) is 1.72. The predicted molar refractivity (Wildman–Crippen MR) is 64.8 cm³/mol. The van der Waals surface area contributed by atoms with Crippen molar-refractivity contribution in [3.63, 3.8) is 0 Å². The van der Waals surface area contributed by atoms with E-state index in [1.54, 1.807) is 12.1 Å². The lowest BCUT2D eigenvalue weighted by molar-refractivity contribution is 0.0600. The molecule has 3 nitrogen and oxygen atoms in total.